The van der Waals surface area contributed by atoms with E-state index in [0.717, 1.165) is 36.3 Å². The van der Waals surface area contributed by atoms with Gasteiger partial charge in [-0.05, 0) is 43.5 Å². The lowest BCUT2D eigenvalue weighted by molar-refractivity contribution is -0.119. The molecular weight excluding hydrogens is 226 g/mol. The first-order valence-corrected chi connectivity index (χ1v) is 6.34. The van der Waals surface area contributed by atoms with Crippen LogP contribution in [-0.4, -0.2) is 12.9 Å². The molecule has 3 heteroatoms. The number of hydrogen-bond donors (Lipinski definition) is 1. The summed E-state index contributed by atoms with van der Waals surface area (Å²) < 4.78 is 5.10. The lowest BCUT2D eigenvalue weighted by atomic mass is 9.86. The molecule has 1 aromatic carbocycles. The van der Waals surface area contributed by atoms with Crippen LogP contribution in [0.3, 0.4) is 0 Å². The standard InChI is InChI=1S/C15H19NO2/c1-11-4-3-5-12(15(11)17)10-16-13-6-8-14(18-2)9-7-13/h6-11,16H,3-5H2,1-2H3/b12-10+/t11-/m1/s1. The Bertz CT molecular complexity index is 448. The van der Waals surface area contributed by atoms with Crippen molar-refractivity contribution < 1.29 is 9.53 Å². The van der Waals surface area contributed by atoms with Gasteiger partial charge in [-0.15, -0.1) is 0 Å². The van der Waals surface area contributed by atoms with Crippen molar-refractivity contribution in [1.29, 1.82) is 0 Å². The molecular formula is C15H19NO2. The monoisotopic (exact) mass is 245 g/mol. The number of carbonyl (C=O) groups excluding carboxylic acids is 1. The van der Waals surface area contributed by atoms with E-state index in [4.69, 9.17) is 4.74 Å². The van der Waals surface area contributed by atoms with Crippen LogP contribution >= 0.6 is 0 Å². The van der Waals surface area contributed by atoms with Crippen molar-refractivity contribution in [2.24, 2.45) is 5.92 Å². The van der Waals surface area contributed by atoms with Crippen molar-refractivity contribution in [3.05, 3.63) is 36.0 Å². The summed E-state index contributed by atoms with van der Waals surface area (Å²) in [6.45, 7) is 2.00. The van der Waals surface area contributed by atoms with Gasteiger partial charge in [0, 0.05) is 23.4 Å². The molecule has 3 nitrogen and oxygen atoms in total. The summed E-state index contributed by atoms with van der Waals surface area (Å²) >= 11 is 0. The largest absolute Gasteiger partial charge is 0.497 e. The summed E-state index contributed by atoms with van der Waals surface area (Å²) in [5.41, 5.74) is 1.87. The maximum absolute atomic E-state index is 11.9. The summed E-state index contributed by atoms with van der Waals surface area (Å²) in [6, 6.07) is 7.66. The summed E-state index contributed by atoms with van der Waals surface area (Å²) in [7, 11) is 1.65. The smallest absolute Gasteiger partial charge is 0.163 e. The Morgan fingerprint density at radius 3 is 2.72 bits per heavy atom. The minimum atomic E-state index is 0.169. The molecule has 0 unspecified atom stereocenters. The Morgan fingerprint density at radius 2 is 2.06 bits per heavy atom. The third-order valence-corrected chi connectivity index (χ3v) is 3.35. The zero-order valence-electron chi connectivity index (χ0n) is 10.9. The van der Waals surface area contributed by atoms with Crippen LogP contribution < -0.4 is 10.1 Å². The Hall–Kier alpha value is -1.77. The average molecular weight is 245 g/mol. The molecule has 2 rings (SSSR count). The van der Waals surface area contributed by atoms with E-state index in [2.05, 4.69) is 5.32 Å². The van der Waals surface area contributed by atoms with Crippen LogP contribution in [0, 0.1) is 5.92 Å². The molecule has 1 aliphatic rings. The number of nitrogens with one attached hydrogen (secondary N) is 1. The van der Waals surface area contributed by atoms with E-state index in [1.165, 1.54) is 0 Å². The minimum absolute atomic E-state index is 0.169. The second-order valence-electron chi connectivity index (χ2n) is 4.70. The van der Waals surface area contributed by atoms with Gasteiger partial charge in [-0.3, -0.25) is 4.79 Å². The summed E-state index contributed by atoms with van der Waals surface area (Å²) in [5, 5.41) is 3.18. The van der Waals surface area contributed by atoms with Crippen LogP contribution in [0.4, 0.5) is 5.69 Å². The highest BCUT2D eigenvalue weighted by molar-refractivity contribution is 5.97. The molecule has 18 heavy (non-hydrogen) atoms. The number of ether oxygens (including phenoxy) is 1. The number of ketones is 1. The highest BCUT2D eigenvalue weighted by Crippen LogP contribution is 2.25. The number of Topliss-reactive ketones (excluding diaryl/α,β-unsaturated/α-hetero) is 1. The van der Waals surface area contributed by atoms with Gasteiger partial charge in [0.2, 0.25) is 0 Å². The van der Waals surface area contributed by atoms with E-state index in [-0.39, 0.29) is 11.7 Å². The number of rotatable bonds is 3. The molecule has 96 valence electrons. The summed E-state index contributed by atoms with van der Waals surface area (Å²) in [5.74, 6) is 1.28. The highest BCUT2D eigenvalue weighted by atomic mass is 16.5. The number of anilines is 1. The van der Waals surface area contributed by atoms with E-state index in [0.29, 0.717) is 0 Å². The quantitative estimate of drug-likeness (QED) is 0.830. The van der Waals surface area contributed by atoms with Gasteiger partial charge >= 0.3 is 0 Å². The maximum atomic E-state index is 11.9. The Kier molecular flexibility index (Phi) is 4.03. The van der Waals surface area contributed by atoms with E-state index >= 15 is 0 Å². The molecule has 0 bridgehead atoms. The maximum Gasteiger partial charge on any atom is 0.163 e. The van der Waals surface area contributed by atoms with Gasteiger partial charge in [-0.2, -0.15) is 0 Å². The van der Waals surface area contributed by atoms with Crippen LogP contribution in [0.1, 0.15) is 26.2 Å². The third-order valence-electron chi connectivity index (χ3n) is 3.35. The van der Waals surface area contributed by atoms with Crippen LogP contribution in [0.2, 0.25) is 0 Å². The molecule has 0 radical (unpaired) electrons. The second kappa shape index (κ2) is 5.71. The molecule has 0 heterocycles. The first-order valence-electron chi connectivity index (χ1n) is 6.34. The molecule has 0 saturated heterocycles. The van der Waals surface area contributed by atoms with Gasteiger partial charge in [0.1, 0.15) is 5.75 Å². The molecule has 1 atom stereocenters. The predicted octanol–water partition coefficient (Wildman–Crippen LogP) is 3.38. The van der Waals surface area contributed by atoms with E-state index in [1.807, 2.05) is 37.4 Å². The van der Waals surface area contributed by atoms with Crippen LogP contribution in [0.15, 0.2) is 36.0 Å². The minimum Gasteiger partial charge on any atom is -0.497 e. The number of allylic oxidation sites excluding steroid dienone is 1. The summed E-state index contributed by atoms with van der Waals surface area (Å²) in [4.78, 5) is 11.9. The molecule has 1 aliphatic carbocycles. The van der Waals surface area contributed by atoms with Crippen LogP contribution in [-0.2, 0) is 4.79 Å². The second-order valence-corrected chi connectivity index (χ2v) is 4.70. The van der Waals surface area contributed by atoms with Gasteiger partial charge < -0.3 is 10.1 Å². The number of benzene rings is 1. The van der Waals surface area contributed by atoms with Gasteiger partial charge in [0.25, 0.3) is 0 Å². The van der Waals surface area contributed by atoms with E-state index in [1.54, 1.807) is 7.11 Å². The molecule has 0 aliphatic heterocycles. The average Bonchev–Trinajstić information content (AvgIpc) is 2.41. The number of hydrogen-bond acceptors (Lipinski definition) is 3. The molecule has 1 fully saturated rings. The molecule has 1 aromatic rings. The topological polar surface area (TPSA) is 38.3 Å². The van der Waals surface area contributed by atoms with Gasteiger partial charge in [0.05, 0.1) is 7.11 Å². The van der Waals surface area contributed by atoms with Crippen LogP contribution in [0.25, 0.3) is 0 Å². The Balaban J connectivity index is 2.02. The van der Waals surface area contributed by atoms with Crippen LogP contribution in [0.5, 0.6) is 5.75 Å². The van der Waals surface area contributed by atoms with E-state index in [9.17, 15) is 4.79 Å². The van der Waals surface area contributed by atoms with E-state index < -0.39 is 0 Å². The molecule has 1 N–H and O–H groups in total. The fraction of sp³-hybridized carbons (Fsp3) is 0.400. The zero-order valence-corrected chi connectivity index (χ0v) is 10.9. The van der Waals surface area contributed by atoms with Crippen molar-refractivity contribution in [3.63, 3.8) is 0 Å². The normalized spacial score (nSPS) is 22.0. The molecule has 1 saturated carbocycles. The van der Waals surface area contributed by atoms with Crippen molar-refractivity contribution >= 4 is 11.5 Å². The molecule has 0 aromatic heterocycles. The van der Waals surface area contributed by atoms with Gasteiger partial charge in [-0.25, -0.2) is 0 Å². The SMILES string of the molecule is COc1ccc(N/C=C2\CCC[C@@H](C)C2=O)cc1. The van der Waals surface area contributed by atoms with Gasteiger partial charge in [0.15, 0.2) is 5.78 Å². The first-order chi connectivity index (χ1) is 8.70. The number of carbonyl (C=O) groups is 1. The van der Waals surface area contributed by atoms with Crippen molar-refractivity contribution in [2.75, 3.05) is 12.4 Å². The zero-order chi connectivity index (χ0) is 13.0. The first kappa shape index (κ1) is 12.7. The molecule has 0 spiro atoms. The lowest BCUT2D eigenvalue weighted by Crippen LogP contribution is -2.19. The fourth-order valence-electron chi connectivity index (χ4n) is 2.17. The number of methoxy groups -OCH3 is 1. The fourth-order valence-corrected chi connectivity index (χ4v) is 2.17. The lowest BCUT2D eigenvalue weighted by Gasteiger charge is -2.19. The Morgan fingerprint density at radius 1 is 1.33 bits per heavy atom. The highest BCUT2D eigenvalue weighted by Gasteiger charge is 2.22. The van der Waals surface area contributed by atoms with Crippen molar-refractivity contribution in [3.8, 4) is 5.75 Å². The van der Waals surface area contributed by atoms with Crippen molar-refractivity contribution in [2.45, 2.75) is 26.2 Å². The predicted molar refractivity (Wildman–Crippen MR) is 72.7 cm³/mol. The van der Waals surface area contributed by atoms with Crippen molar-refractivity contribution in [1.82, 2.24) is 0 Å². The molecule has 0 amide bonds. The Labute approximate surface area is 108 Å². The van der Waals surface area contributed by atoms with Gasteiger partial charge in [-0.1, -0.05) is 6.92 Å². The third kappa shape index (κ3) is 2.92. The summed E-state index contributed by atoms with van der Waals surface area (Å²) in [6.07, 6.45) is 4.84.